The van der Waals surface area contributed by atoms with Gasteiger partial charge in [-0.3, -0.25) is 0 Å². The number of halogens is 1. The molecule has 0 atom stereocenters. The minimum atomic E-state index is -0.346. The second kappa shape index (κ2) is 5.74. The number of benzene rings is 3. The van der Waals surface area contributed by atoms with Crippen LogP contribution in [-0.4, -0.2) is 15.1 Å². The Hall–Kier alpha value is -3.27. The highest BCUT2D eigenvalue weighted by atomic mass is 19.1. The van der Waals surface area contributed by atoms with Crippen LogP contribution in [0.1, 0.15) is 0 Å². The zero-order chi connectivity index (χ0) is 16.5. The fraction of sp³-hybridized carbons (Fsp3) is 0. The molecule has 0 amide bonds. The number of hydrogen-bond donors (Lipinski definition) is 1. The van der Waals surface area contributed by atoms with E-state index in [1.807, 2.05) is 30.3 Å². The standard InChI is InChI=1S/C20H13FN2O/c21-15-8-11-17-18(12-15)23-20(14-6-9-16(24)10-7-14)19(22-17)13-4-2-1-3-5-13/h1-12,24H. The Kier molecular flexibility index (Phi) is 3.43. The van der Waals surface area contributed by atoms with Gasteiger partial charge in [0.15, 0.2) is 0 Å². The smallest absolute Gasteiger partial charge is 0.125 e. The van der Waals surface area contributed by atoms with Crippen LogP contribution < -0.4 is 0 Å². The minimum Gasteiger partial charge on any atom is -0.508 e. The summed E-state index contributed by atoms with van der Waals surface area (Å²) in [6, 6.07) is 20.9. The molecule has 116 valence electrons. The Bertz CT molecular complexity index is 1010. The van der Waals surface area contributed by atoms with Crippen molar-refractivity contribution in [3.63, 3.8) is 0 Å². The third-order valence-electron chi connectivity index (χ3n) is 3.81. The quantitative estimate of drug-likeness (QED) is 0.577. The summed E-state index contributed by atoms with van der Waals surface area (Å²) in [5.74, 6) is -0.166. The Balaban J connectivity index is 2.02. The zero-order valence-electron chi connectivity index (χ0n) is 12.6. The maximum Gasteiger partial charge on any atom is 0.125 e. The van der Waals surface area contributed by atoms with Crippen LogP contribution >= 0.6 is 0 Å². The van der Waals surface area contributed by atoms with Crippen LogP contribution in [0.5, 0.6) is 5.75 Å². The van der Waals surface area contributed by atoms with Crippen molar-refractivity contribution in [3.8, 4) is 28.3 Å². The Morgan fingerprint density at radius 1 is 0.667 bits per heavy atom. The average molecular weight is 316 g/mol. The predicted octanol–water partition coefficient (Wildman–Crippen LogP) is 4.81. The van der Waals surface area contributed by atoms with Crippen molar-refractivity contribution >= 4 is 11.0 Å². The lowest BCUT2D eigenvalue weighted by molar-refractivity contribution is 0.475. The van der Waals surface area contributed by atoms with Crippen molar-refractivity contribution in [2.24, 2.45) is 0 Å². The van der Waals surface area contributed by atoms with Crippen LogP contribution in [0, 0.1) is 5.82 Å². The Morgan fingerprint density at radius 3 is 2.00 bits per heavy atom. The molecule has 1 N–H and O–H groups in total. The van der Waals surface area contributed by atoms with Gasteiger partial charge in [0.1, 0.15) is 11.6 Å². The van der Waals surface area contributed by atoms with Crippen molar-refractivity contribution in [1.29, 1.82) is 0 Å². The lowest BCUT2D eigenvalue weighted by Gasteiger charge is -2.10. The minimum absolute atomic E-state index is 0.180. The van der Waals surface area contributed by atoms with Gasteiger partial charge in [0, 0.05) is 17.2 Å². The molecule has 0 aliphatic rings. The largest absolute Gasteiger partial charge is 0.508 e. The molecule has 0 saturated carbocycles. The van der Waals surface area contributed by atoms with Crippen molar-refractivity contribution in [2.75, 3.05) is 0 Å². The number of fused-ring (bicyclic) bond motifs is 1. The number of phenols is 1. The van der Waals surface area contributed by atoms with E-state index in [0.29, 0.717) is 16.7 Å². The van der Waals surface area contributed by atoms with Crippen LogP contribution in [0.2, 0.25) is 0 Å². The summed E-state index contributed by atoms with van der Waals surface area (Å²) in [5.41, 5.74) is 4.25. The zero-order valence-corrected chi connectivity index (χ0v) is 12.6. The summed E-state index contributed by atoms with van der Waals surface area (Å²) in [5, 5.41) is 9.51. The summed E-state index contributed by atoms with van der Waals surface area (Å²) < 4.78 is 13.5. The normalized spacial score (nSPS) is 10.9. The molecule has 0 saturated heterocycles. The van der Waals surface area contributed by atoms with Crippen molar-refractivity contribution in [1.82, 2.24) is 9.97 Å². The second-order valence-corrected chi connectivity index (χ2v) is 5.47. The summed E-state index contributed by atoms with van der Waals surface area (Å²) in [7, 11) is 0. The van der Waals surface area contributed by atoms with E-state index in [4.69, 9.17) is 4.98 Å². The SMILES string of the molecule is Oc1ccc(-c2nc3cc(F)ccc3nc2-c2ccccc2)cc1. The third-order valence-corrected chi connectivity index (χ3v) is 3.81. The van der Waals surface area contributed by atoms with E-state index >= 15 is 0 Å². The van der Waals surface area contributed by atoms with E-state index < -0.39 is 0 Å². The van der Waals surface area contributed by atoms with Crippen LogP contribution in [0.15, 0.2) is 72.8 Å². The molecule has 0 fully saturated rings. The van der Waals surface area contributed by atoms with Crippen molar-refractivity contribution in [2.45, 2.75) is 0 Å². The number of nitrogens with zero attached hydrogens (tertiary/aromatic N) is 2. The van der Waals surface area contributed by atoms with Gasteiger partial charge < -0.3 is 5.11 Å². The topological polar surface area (TPSA) is 46.0 Å². The Morgan fingerprint density at radius 2 is 1.29 bits per heavy atom. The van der Waals surface area contributed by atoms with Gasteiger partial charge in [-0.1, -0.05) is 30.3 Å². The first kappa shape index (κ1) is 14.3. The summed E-state index contributed by atoms with van der Waals surface area (Å²) in [4.78, 5) is 9.32. The van der Waals surface area contributed by atoms with E-state index in [2.05, 4.69) is 4.98 Å². The van der Waals surface area contributed by atoms with Gasteiger partial charge >= 0.3 is 0 Å². The molecule has 4 aromatic rings. The molecule has 0 aliphatic carbocycles. The van der Waals surface area contributed by atoms with Gasteiger partial charge in [0.05, 0.1) is 22.4 Å². The first-order valence-corrected chi connectivity index (χ1v) is 7.53. The van der Waals surface area contributed by atoms with Gasteiger partial charge in [0.2, 0.25) is 0 Å². The average Bonchev–Trinajstić information content (AvgIpc) is 2.62. The molecule has 1 heterocycles. The van der Waals surface area contributed by atoms with Crippen LogP contribution in [0.4, 0.5) is 4.39 Å². The van der Waals surface area contributed by atoms with Gasteiger partial charge in [-0.15, -0.1) is 0 Å². The van der Waals surface area contributed by atoms with Crippen molar-refractivity contribution in [3.05, 3.63) is 78.6 Å². The number of rotatable bonds is 2. The summed E-state index contributed by atoms with van der Waals surface area (Å²) in [6.07, 6.45) is 0. The van der Waals surface area contributed by atoms with E-state index in [9.17, 15) is 9.50 Å². The second-order valence-electron chi connectivity index (χ2n) is 5.47. The fourth-order valence-corrected chi connectivity index (χ4v) is 2.65. The number of phenolic OH excluding ortho intramolecular Hbond substituents is 1. The highest BCUT2D eigenvalue weighted by Gasteiger charge is 2.13. The molecule has 0 radical (unpaired) electrons. The molecule has 0 spiro atoms. The molecular weight excluding hydrogens is 303 g/mol. The first-order valence-electron chi connectivity index (χ1n) is 7.53. The summed E-state index contributed by atoms with van der Waals surface area (Å²) in [6.45, 7) is 0. The maximum atomic E-state index is 13.5. The number of hydrogen-bond acceptors (Lipinski definition) is 3. The lowest BCUT2D eigenvalue weighted by atomic mass is 10.0. The molecule has 0 unspecified atom stereocenters. The fourth-order valence-electron chi connectivity index (χ4n) is 2.65. The molecule has 4 heteroatoms. The molecule has 0 bridgehead atoms. The van der Waals surface area contributed by atoms with Gasteiger partial charge in [0.25, 0.3) is 0 Å². The third kappa shape index (κ3) is 2.58. The number of aromatic nitrogens is 2. The molecule has 1 aromatic heterocycles. The molecule has 3 nitrogen and oxygen atoms in total. The van der Waals surface area contributed by atoms with Crippen LogP contribution in [0.3, 0.4) is 0 Å². The van der Waals surface area contributed by atoms with E-state index in [1.165, 1.54) is 12.1 Å². The van der Waals surface area contributed by atoms with E-state index in [0.717, 1.165) is 16.8 Å². The van der Waals surface area contributed by atoms with E-state index in [-0.39, 0.29) is 11.6 Å². The van der Waals surface area contributed by atoms with Gasteiger partial charge in [-0.05, 0) is 36.4 Å². The van der Waals surface area contributed by atoms with Crippen LogP contribution in [0.25, 0.3) is 33.5 Å². The molecular formula is C20H13FN2O. The monoisotopic (exact) mass is 316 g/mol. The van der Waals surface area contributed by atoms with Gasteiger partial charge in [-0.2, -0.15) is 0 Å². The molecule has 0 aliphatic heterocycles. The Labute approximate surface area is 138 Å². The predicted molar refractivity (Wildman–Crippen MR) is 92.0 cm³/mol. The highest BCUT2D eigenvalue weighted by molar-refractivity contribution is 5.86. The molecule has 4 rings (SSSR count). The first-order chi connectivity index (χ1) is 11.7. The summed E-state index contributed by atoms with van der Waals surface area (Å²) >= 11 is 0. The van der Waals surface area contributed by atoms with E-state index in [1.54, 1.807) is 30.3 Å². The van der Waals surface area contributed by atoms with Crippen LogP contribution in [-0.2, 0) is 0 Å². The molecule has 3 aromatic carbocycles. The highest BCUT2D eigenvalue weighted by Crippen LogP contribution is 2.31. The molecule has 24 heavy (non-hydrogen) atoms. The van der Waals surface area contributed by atoms with Gasteiger partial charge in [-0.25, -0.2) is 14.4 Å². The lowest BCUT2D eigenvalue weighted by Crippen LogP contribution is -1.95. The van der Waals surface area contributed by atoms with Crippen molar-refractivity contribution < 1.29 is 9.50 Å². The maximum absolute atomic E-state index is 13.5. The number of aromatic hydroxyl groups is 1.